The van der Waals surface area contributed by atoms with Gasteiger partial charge in [0.2, 0.25) is 5.91 Å². The molecule has 5 nitrogen and oxygen atoms in total. The Kier molecular flexibility index (Phi) is 4.25. The monoisotopic (exact) mass is 397 g/mol. The van der Waals surface area contributed by atoms with E-state index in [-0.39, 0.29) is 17.5 Å². The molecule has 3 saturated heterocycles. The molecule has 5 rings (SSSR count). The summed E-state index contributed by atoms with van der Waals surface area (Å²) in [6.07, 6.45) is 3.06. The molecule has 0 N–H and O–H groups in total. The number of carbonyl (C=O) groups excluding carboxylic acids is 1. The average Bonchev–Trinajstić information content (AvgIpc) is 3.44. The zero-order valence-electron chi connectivity index (χ0n) is 16.7. The van der Waals surface area contributed by atoms with Crippen LogP contribution in [0.3, 0.4) is 0 Å². The molecule has 0 saturated carbocycles. The first-order valence-electron chi connectivity index (χ1n) is 10.2. The lowest BCUT2D eigenvalue weighted by molar-refractivity contribution is -0.126. The fraction of sp³-hybridized carbons (Fsp3) is 0.545. The van der Waals surface area contributed by atoms with E-state index in [1.165, 1.54) is 10.7 Å². The van der Waals surface area contributed by atoms with Crippen LogP contribution in [0.25, 0.3) is 0 Å². The number of amides is 1. The first-order chi connectivity index (χ1) is 13.6. The van der Waals surface area contributed by atoms with Gasteiger partial charge in [0.05, 0.1) is 24.5 Å². The summed E-state index contributed by atoms with van der Waals surface area (Å²) in [7, 11) is 1.67. The number of methoxy groups -OCH3 is 1. The van der Waals surface area contributed by atoms with Crippen LogP contribution >= 0.6 is 11.3 Å². The standard InChI is InChI=1S/C22H27N3O2S/c1-14(2)16-13-28-20(23-16)18-11-15-12-24(17-7-4-5-8-19(17)27-3)21(26)22(15)9-6-10-25(18)22/h4-5,7-8,13-15,18H,6,9-12H2,1-3H3/t15-,18-,22-/m0/s1. The van der Waals surface area contributed by atoms with Crippen molar-refractivity contribution in [3.63, 3.8) is 0 Å². The van der Waals surface area contributed by atoms with E-state index in [0.717, 1.165) is 43.8 Å². The second-order valence-electron chi connectivity index (χ2n) is 8.52. The van der Waals surface area contributed by atoms with E-state index in [1.807, 2.05) is 29.2 Å². The van der Waals surface area contributed by atoms with E-state index in [1.54, 1.807) is 18.4 Å². The highest BCUT2D eigenvalue weighted by Gasteiger charge is 2.66. The van der Waals surface area contributed by atoms with Crippen LogP contribution in [0.4, 0.5) is 5.69 Å². The molecular weight excluding hydrogens is 370 g/mol. The highest BCUT2D eigenvalue weighted by molar-refractivity contribution is 7.09. The normalized spacial score (nSPS) is 29.6. The molecule has 1 aromatic carbocycles. The number of benzene rings is 1. The molecule has 0 aliphatic carbocycles. The number of carbonyl (C=O) groups is 1. The van der Waals surface area contributed by atoms with Gasteiger partial charge >= 0.3 is 0 Å². The molecule has 1 aromatic heterocycles. The van der Waals surface area contributed by atoms with Gasteiger partial charge in [0.1, 0.15) is 16.3 Å². The molecule has 3 aliphatic rings. The minimum atomic E-state index is -0.352. The molecule has 1 amide bonds. The predicted molar refractivity (Wildman–Crippen MR) is 111 cm³/mol. The third-order valence-electron chi connectivity index (χ3n) is 6.84. The van der Waals surface area contributed by atoms with E-state index < -0.39 is 0 Å². The fourth-order valence-corrected chi connectivity index (χ4v) is 6.61. The van der Waals surface area contributed by atoms with Crippen molar-refractivity contribution >= 4 is 22.9 Å². The average molecular weight is 398 g/mol. The summed E-state index contributed by atoms with van der Waals surface area (Å²) in [4.78, 5) is 23.2. The van der Waals surface area contributed by atoms with Crippen molar-refractivity contribution in [3.8, 4) is 5.75 Å². The third-order valence-corrected chi connectivity index (χ3v) is 7.80. The maximum atomic E-state index is 13.8. The summed E-state index contributed by atoms with van der Waals surface area (Å²) in [5, 5.41) is 3.39. The Morgan fingerprint density at radius 3 is 2.89 bits per heavy atom. The van der Waals surface area contributed by atoms with Gasteiger partial charge in [0, 0.05) is 17.8 Å². The largest absolute Gasteiger partial charge is 0.495 e. The summed E-state index contributed by atoms with van der Waals surface area (Å²) >= 11 is 1.77. The van der Waals surface area contributed by atoms with Gasteiger partial charge in [0.25, 0.3) is 0 Å². The van der Waals surface area contributed by atoms with E-state index in [0.29, 0.717) is 11.8 Å². The second kappa shape index (κ2) is 6.56. The van der Waals surface area contributed by atoms with Gasteiger partial charge in [-0.25, -0.2) is 4.98 Å². The molecule has 148 valence electrons. The van der Waals surface area contributed by atoms with Crippen LogP contribution in [0.2, 0.25) is 0 Å². The maximum Gasteiger partial charge on any atom is 0.248 e. The minimum Gasteiger partial charge on any atom is -0.495 e. The summed E-state index contributed by atoms with van der Waals surface area (Å²) < 4.78 is 5.54. The summed E-state index contributed by atoms with van der Waals surface area (Å²) in [6.45, 7) is 6.14. The lowest BCUT2D eigenvalue weighted by Gasteiger charge is -2.33. The summed E-state index contributed by atoms with van der Waals surface area (Å²) in [5.74, 6) is 1.82. The molecule has 0 unspecified atom stereocenters. The number of rotatable bonds is 4. The molecule has 6 heteroatoms. The zero-order valence-corrected chi connectivity index (χ0v) is 17.5. The molecule has 1 spiro atoms. The number of para-hydroxylation sites is 2. The van der Waals surface area contributed by atoms with Crippen LogP contribution in [0.15, 0.2) is 29.6 Å². The molecule has 3 atom stereocenters. The number of nitrogens with zero attached hydrogens (tertiary/aromatic N) is 3. The van der Waals surface area contributed by atoms with Crippen molar-refractivity contribution in [3.05, 3.63) is 40.3 Å². The predicted octanol–water partition coefficient (Wildman–Crippen LogP) is 4.22. The number of hydrogen-bond acceptors (Lipinski definition) is 5. The van der Waals surface area contributed by atoms with Crippen LogP contribution < -0.4 is 9.64 Å². The van der Waals surface area contributed by atoms with Gasteiger partial charge in [-0.3, -0.25) is 9.69 Å². The maximum absolute atomic E-state index is 13.8. The topological polar surface area (TPSA) is 45.7 Å². The minimum absolute atomic E-state index is 0.252. The van der Waals surface area contributed by atoms with Crippen LogP contribution in [-0.2, 0) is 4.79 Å². The Bertz CT molecular complexity index is 911. The van der Waals surface area contributed by atoms with Gasteiger partial charge in [-0.15, -0.1) is 11.3 Å². The van der Waals surface area contributed by atoms with E-state index in [4.69, 9.17) is 9.72 Å². The lowest BCUT2D eigenvalue weighted by Crippen LogP contribution is -2.49. The highest BCUT2D eigenvalue weighted by atomic mass is 32.1. The van der Waals surface area contributed by atoms with Crippen molar-refractivity contribution in [1.29, 1.82) is 0 Å². The van der Waals surface area contributed by atoms with Crippen LogP contribution in [-0.4, -0.2) is 41.5 Å². The van der Waals surface area contributed by atoms with Gasteiger partial charge in [0.15, 0.2) is 0 Å². The Hall–Kier alpha value is -1.92. The van der Waals surface area contributed by atoms with Crippen molar-refractivity contribution in [2.45, 2.75) is 50.6 Å². The third kappa shape index (κ3) is 2.40. The Labute approximate surface area is 170 Å². The molecular formula is C22H27N3O2S. The molecule has 28 heavy (non-hydrogen) atoms. The van der Waals surface area contributed by atoms with Crippen molar-refractivity contribution in [2.75, 3.05) is 25.1 Å². The Morgan fingerprint density at radius 1 is 1.32 bits per heavy atom. The van der Waals surface area contributed by atoms with Gasteiger partial charge < -0.3 is 9.64 Å². The summed E-state index contributed by atoms with van der Waals surface area (Å²) in [6, 6.07) is 8.16. The highest BCUT2D eigenvalue weighted by Crippen LogP contribution is 2.57. The smallest absolute Gasteiger partial charge is 0.248 e. The molecule has 3 aliphatic heterocycles. The zero-order chi connectivity index (χ0) is 19.5. The van der Waals surface area contributed by atoms with Gasteiger partial charge in [-0.2, -0.15) is 0 Å². The van der Waals surface area contributed by atoms with Crippen molar-refractivity contribution < 1.29 is 9.53 Å². The van der Waals surface area contributed by atoms with E-state index in [2.05, 4.69) is 24.1 Å². The van der Waals surface area contributed by atoms with Crippen LogP contribution in [0, 0.1) is 5.92 Å². The van der Waals surface area contributed by atoms with Crippen LogP contribution in [0.1, 0.15) is 55.8 Å². The Balaban J connectivity index is 1.49. The SMILES string of the molecule is COc1ccccc1N1C[C@@H]2C[C@@H](c3nc(C(C)C)cs3)N3CCC[C@@]23C1=O. The summed E-state index contributed by atoms with van der Waals surface area (Å²) in [5.41, 5.74) is 1.72. The lowest BCUT2D eigenvalue weighted by atomic mass is 9.86. The van der Waals surface area contributed by atoms with E-state index >= 15 is 0 Å². The molecule has 4 heterocycles. The number of ether oxygens (including phenoxy) is 1. The Morgan fingerprint density at radius 2 is 2.14 bits per heavy atom. The van der Waals surface area contributed by atoms with Crippen molar-refractivity contribution in [1.82, 2.24) is 9.88 Å². The fourth-order valence-electron chi connectivity index (χ4n) is 5.51. The number of thiazole rings is 1. The van der Waals surface area contributed by atoms with Gasteiger partial charge in [-0.05, 0) is 43.9 Å². The number of anilines is 1. The molecule has 2 aromatic rings. The first-order valence-corrected chi connectivity index (χ1v) is 11.1. The number of hydrogen-bond donors (Lipinski definition) is 0. The molecule has 3 fully saturated rings. The second-order valence-corrected chi connectivity index (χ2v) is 9.41. The van der Waals surface area contributed by atoms with Gasteiger partial charge in [-0.1, -0.05) is 26.0 Å². The van der Waals surface area contributed by atoms with Crippen molar-refractivity contribution in [2.24, 2.45) is 5.92 Å². The molecule has 0 radical (unpaired) electrons. The quantitative estimate of drug-likeness (QED) is 0.775. The molecule has 0 bridgehead atoms. The van der Waals surface area contributed by atoms with Crippen LogP contribution in [0.5, 0.6) is 5.75 Å². The number of aromatic nitrogens is 1. The first kappa shape index (κ1) is 18.1. The van der Waals surface area contributed by atoms with E-state index in [9.17, 15) is 4.79 Å².